The molecule has 1 saturated carbocycles. The van der Waals surface area contributed by atoms with E-state index in [9.17, 15) is 18.3 Å². The first-order chi connectivity index (χ1) is 19.7. The van der Waals surface area contributed by atoms with Crippen LogP contribution in [0.25, 0.3) is 5.70 Å². The van der Waals surface area contributed by atoms with Crippen LogP contribution in [0.3, 0.4) is 0 Å². The Morgan fingerprint density at radius 2 is 1.76 bits per heavy atom. The molecule has 0 amide bonds. The Balaban J connectivity index is 1.54. The molecule has 0 radical (unpaired) electrons. The van der Waals surface area contributed by atoms with Gasteiger partial charge in [-0.3, -0.25) is 0 Å². The van der Waals surface area contributed by atoms with E-state index < -0.39 is 16.0 Å². The topological polar surface area (TPSA) is 158 Å². The molecule has 41 heavy (non-hydrogen) atoms. The van der Waals surface area contributed by atoms with Crippen LogP contribution >= 0.6 is 11.3 Å². The molecule has 0 spiro atoms. The molecular formula is C30H28N4O5S2. The monoisotopic (exact) mass is 588 g/mol. The molecule has 9 nitrogen and oxygen atoms in total. The second-order valence-corrected chi connectivity index (χ2v) is 12.0. The van der Waals surface area contributed by atoms with Gasteiger partial charge < -0.3 is 15.6 Å². The standard InChI is InChI=1S/C30H28N4O5S2/c31-27(22-7-4-8-23(16-22)39-17-20-5-2-1-3-6-20)25(15-19-9-13-24(14-10-19)41(32,37)38)28(21-11-12-21)34-30-33-26(18-40-30)29(35)36/h1-10,13-14,16,18,21H,11-12,15,17,31H2,(H,35,36)(H2,32,37,38). The largest absolute Gasteiger partial charge is 0.489 e. The fourth-order valence-electron chi connectivity index (χ4n) is 4.27. The number of primary sulfonamides is 1. The van der Waals surface area contributed by atoms with Crippen LogP contribution in [0.15, 0.2) is 99.7 Å². The smallest absolute Gasteiger partial charge is 0.355 e. The average molecular weight is 589 g/mol. The Morgan fingerprint density at radius 3 is 2.39 bits per heavy atom. The number of thiazole rings is 1. The van der Waals surface area contributed by atoms with Crippen molar-refractivity contribution in [1.82, 2.24) is 4.98 Å². The van der Waals surface area contributed by atoms with Crippen molar-refractivity contribution < 1.29 is 23.1 Å². The van der Waals surface area contributed by atoms with Crippen LogP contribution in [0, 0.1) is 5.92 Å². The van der Waals surface area contributed by atoms with Gasteiger partial charge in [0.1, 0.15) is 12.4 Å². The van der Waals surface area contributed by atoms with Crippen molar-refractivity contribution in [2.24, 2.45) is 21.8 Å². The molecule has 1 aliphatic carbocycles. The number of allylic oxidation sites excluding steroid dienone is 1. The van der Waals surface area contributed by atoms with E-state index in [2.05, 4.69) is 4.98 Å². The normalized spacial score (nSPS) is 14.4. The van der Waals surface area contributed by atoms with Gasteiger partial charge in [-0.2, -0.15) is 0 Å². The van der Waals surface area contributed by atoms with E-state index in [1.54, 1.807) is 12.1 Å². The minimum atomic E-state index is -3.83. The van der Waals surface area contributed by atoms with E-state index in [4.69, 9.17) is 20.6 Å². The number of hydrogen-bond donors (Lipinski definition) is 3. The lowest BCUT2D eigenvalue weighted by atomic mass is 9.93. The third kappa shape index (κ3) is 7.26. The maximum Gasteiger partial charge on any atom is 0.355 e. The zero-order chi connectivity index (χ0) is 29.0. The fraction of sp³-hybridized carbons (Fsp3) is 0.167. The Kier molecular flexibility index (Phi) is 8.29. The number of aromatic nitrogens is 1. The minimum Gasteiger partial charge on any atom is -0.489 e. The van der Waals surface area contributed by atoms with Crippen molar-refractivity contribution in [3.05, 3.63) is 112 Å². The van der Waals surface area contributed by atoms with Gasteiger partial charge in [-0.05, 0) is 48.2 Å². The lowest BCUT2D eigenvalue weighted by Gasteiger charge is -2.16. The summed E-state index contributed by atoms with van der Waals surface area (Å²) >= 11 is 1.15. The predicted molar refractivity (Wildman–Crippen MR) is 159 cm³/mol. The molecule has 0 bridgehead atoms. The molecule has 5 N–H and O–H groups in total. The number of carboxylic acid groups (broad SMARTS) is 1. The van der Waals surface area contributed by atoms with E-state index in [0.717, 1.165) is 52.2 Å². The number of sulfonamides is 1. The van der Waals surface area contributed by atoms with Crippen molar-refractivity contribution in [3.8, 4) is 5.75 Å². The molecular weight excluding hydrogens is 560 g/mol. The molecule has 1 fully saturated rings. The highest BCUT2D eigenvalue weighted by molar-refractivity contribution is 7.89. The van der Waals surface area contributed by atoms with Gasteiger partial charge in [0.15, 0.2) is 5.69 Å². The van der Waals surface area contributed by atoms with Gasteiger partial charge in [-0.1, -0.05) is 54.6 Å². The minimum absolute atomic E-state index is 0.0167. The Labute approximate surface area is 241 Å². The van der Waals surface area contributed by atoms with Crippen molar-refractivity contribution in [1.29, 1.82) is 0 Å². The van der Waals surface area contributed by atoms with Crippen molar-refractivity contribution in [2.45, 2.75) is 30.8 Å². The van der Waals surface area contributed by atoms with Gasteiger partial charge >= 0.3 is 5.97 Å². The number of aromatic carboxylic acids is 1. The summed E-state index contributed by atoms with van der Waals surface area (Å²) in [6, 6.07) is 23.7. The van der Waals surface area contributed by atoms with Gasteiger partial charge in [0.25, 0.3) is 0 Å². The van der Waals surface area contributed by atoms with Crippen LogP contribution in [0.4, 0.5) is 5.13 Å². The molecule has 210 valence electrons. The molecule has 11 heteroatoms. The van der Waals surface area contributed by atoms with E-state index in [1.165, 1.54) is 17.5 Å². The first-order valence-electron chi connectivity index (χ1n) is 12.8. The zero-order valence-corrected chi connectivity index (χ0v) is 23.6. The Hall–Kier alpha value is -4.32. The Bertz CT molecular complexity index is 1730. The summed E-state index contributed by atoms with van der Waals surface area (Å²) in [6.07, 6.45) is 2.19. The van der Waals surface area contributed by atoms with Gasteiger partial charge in [0, 0.05) is 34.6 Å². The second-order valence-electron chi connectivity index (χ2n) is 9.65. The van der Waals surface area contributed by atoms with Gasteiger partial charge in [-0.15, -0.1) is 11.3 Å². The summed E-state index contributed by atoms with van der Waals surface area (Å²) in [4.78, 5) is 20.4. The van der Waals surface area contributed by atoms with Crippen LogP contribution in [-0.2, 0) is 23.1 Å². The number of ether oxygens (including phenoxy) is 1. The number of rotatable bonds is 11. The van der Waals surface area contributed by atoms with Crippen LogP contribution < -0.4 is 15.6 Å². The van der Waals surface area contributed by atoms with Crippen molar-refractivity contribution in [2.75, 3.05) is 0 Å². The molecule has 1 heterocycles. The molecule has 0 unspecified atom stereocenters. The SMILES string of the molecule is NC(=C(Cc1ccc(S(N)(=O)=O)cc1)C(=Nc1nc(C(=O)O)cs1)C1CC1)c1cccc(OCc2ccccc2)c1. The molecule has 4 aromatic rings. The third-order valence-electron chi connectivity index (χ3n) is 6.55. The van der Waals surface area contributed by atoms with E-state index in [1.807, 2.05) is 54.6 Å². The summed E-state index contributed by atoms with van der Waals surface area (Å²) in [6.45, 7) is 0.405. The van der Waals surface area contributed by atoms with Crippen molar-refractivity contribution in [3.63, 3.8) is 0 Å². The number of nitrogens with zero attached hydrogens (tertiary/aromatic N) is 2. The summed E-state index contributed by atoms with van der Waals surface area (Å²) in [7, 11) is -3.83. The third-order valence-corrected chi connectivity index (χ3v) is 8.22. The van der Waals surface area contributed by atoms with Crippen LogP contribution in [0.2, 0.25) is 0 Å². The molecule has 5 rings (SSSR count). The predicted octanol–water partition coefficient (Wildman–Crippen LogP) is 5.16. The summed E-state index contributed by atoms with van der Waals surface area (Å²) in [5, 5.41) is 16.4. The highest BCUT2D eigenvalue weighted by Gasteiger charge is 2.32. The first-order valence-corrected chi connectivity index (χ1v) is 15.3. The van der Waals surface area contributed by atoms with Crippen molar-refractivity contribution >= 4 is 43.9 Å². The number of carbonyl (C=O) groups is 1. The lowest BCUT2D eigenvalue weighted by molar-refractivity contribution is 0.0691. The van der Waals surface area contributed by atoms with Gasteiger partial charge in [0.05, 0.1) is 10.6 Å². The van der Waals surface area contributed by atoms with E-state index in [-0.39, 0.29) is 16.5 Å². The van der Waals surface area contributed by atoms with E-state index >= 15 is 0 Å². The highest BCUT2D eigenvalue weighted by Crippen LogP contribution is 2.38. The van der Waals surface area contributed by atoms with Crippen LogP contribution in [-0.4, -0.2) is 30.2 Å². The zero-order valence-electron chi connectivity index (χ0n) is 21.9. The number of hydrogen-bond acceptors (Lipinski definition) is 8. The Morgan fingerprint density at radius 1 is 1.02 bits per heavy atom. The number of benzene rings is 3. The summed E-state index contributed by atoms with van der Waals surface area (Å²) in [5.74, 6) is -0.322. The molecule has 1 aliphatic rings. The maximum absolute atomic E-state index is 11.8. The summed E-state index contributed by atoms with van der Waals surface area (Å²) < 4.78 is 29.6. The highest BCUT2D eigenvalue weighted by atomic mass is 32.2. The molecule has 0 atom stereocenters. The van der Waals surface area contributed by atoms with Gasteiger partial charge in [0.2, 0.25) is 15.2 Å². The number of carboxylic acids is 1. The second kappa shape index (κ2) is 12.0. The van der Waals surface area contributed by atoms with E-state index in [0.29, 0.717) is 29.6 Å². The average Bonchev–Trinajstić information content (AvgIpc) is 3.70. The molecule has 1 aromatic heterocycles. The maximum atomic E-state index is 11.8. The first kappa shape index (κ1) is 28.2. The lowest BCUT2D eigenvalue weighted by Crippen LogP contribution is -2.15. The summed E-state index contributed by atoms with van der Waals surface area (Å²) in [5.41, 5.74) is 11.4. The van der Waals surface area contributed by atoms with Crippen LogP contribution in [0.1, 0.15) is 40.0 Å². The fourth-order valence-corrected chi connectivity index (χ4v) is 5.46. The number of aliphatic imine (C=N–C) groups is 1. The molecule has 0 aliphatic heterocycles. The molecule has 3 aromatic carbocycles. The quantitative estimate of drug-likeness (QED) is 0.204. The molecule has 0 saturated heterocycles. The van der Waals surface area contributed by atoms with Gasteiger partial charge in [-0.25, -0.2) is 28.3 Å². The number of nitrogens with two attached hydrogens (primary N) is 2. The van der Waals surface area contributed by atoms with Crippen LogP contribution in [0.5, 0.6) is 5.75 Å².